The van der Waals surface area contributed by atoms with E-state index in [0.717, 1.165) is 31.6 Å². The second-order valence-corrected chi connectivity index (χ2v) is 5.27. The predicted octanol–water partition coefficient (Wildman–Crippen LogP) is 1.10. The summed E-state index contributed by atoms with van der Waals surface area (Å²) in [5.41, 5.74) is 0. The van der Waals surface area contributed by atoms with Crippen LogP contribution in [0.15, 0.2) is 0 Å². The highest BCUT2D eigenvalue weighted by Gasteiger charge is 2.28. The van der Waals surface area contributed by atoms with E-state index >= 15 is 0 Å². The summed E-state index contributed by atoms with van der Waals surface area (Å²) < 4.78 is 5.49. The number of nitrogens with zero attached hydrogens (tertiary/aromatic N) is 2. The zero-order valence-electron chi connectivity index (χ0n) is 10.1. The monoisotopic (exact) mass is 244 g/mol. The second kappa shape index (κ2) is 6.84. The fraction of sp³-hybridized carbons (Fsp3) is 1.00. The zero-order valence-corrected chi connectivity index (χ0v) is 11.0. The molecule has 2 fully saturated rings. The quantitative estimate of drug-likeness (QED) is 0.576. The highest BCUT2D eigenvalue weighted by molar-refractivity contribution is 7.80. The van der Waals surface area contributed by atoms with Crippen molar-refractivity contribution in [1.82, 2.24) is 9.80 Å². The summed E-state index contributed by atoms with van der Waals surface area (Å²) in [5, 5.41) is 0. The van der Waals surface area contributed by atoms with Crippen LogP contribution in [0, 0.1) is 0 Å². The van der Waals surface area contributed by atoms with Gasteiger partial charge in [0.15, 0.2) is 0 Å². The Bertz CT molecular complexity index is 203. The number of fused-ring (bicyclic) bond motifs is 1. The van der Waals surface area contributed by atoms with Gasteiger partial charge in [-0.15, -0.1) is 0 Å². The normalized spacial score (nSPS) is 27.9. The van der Waals surface area contributed by atoms with Gasteiger partial charge in [-0.2, -0.15) is 12.6 Å². The molecule has 0 spiro atoms. The summed E-state index contributed by atoms with van der Waals surface area (Å²) in [6.45, 7) is 7.81. The molecular weight excluding hydrogens is 220 g/mol. The lowest BCUT2D eigenvalue weighted by atomic mass is 9.99. The van der Waals surface area contributed by atoms with E-state index in [1.54, 1.807) is 0 Å². The lowest BCUT2D eigenvalue weighted by Crippen LogP contribution is -2.55. The molecule has 2 aliphatic heterocycles. The van der Waals surface area contributed by atoms with Crippen LogP contribution in [0.25, 0.3) is 0 Å². The number of rotatable bonds is 5. The maximum Gasteiger partial charge on any atom is 0.0593 e. The van der Waals surface area contributed by atoms with E-state index in [1.165, 1.54) is 45.4 Å². The Kier molecular flexibility index (Phi) is 5.42. The van der Waals surface area contributed by atoms with Gasteiger partial charge < -0.3 is 4.74 Å². The maximum absolute atomic E-state index is 5.49. The lowest BCUT2D eigenvalue weighted by Gasteiger charge is -2.44. The van der Waals surface area contributed by atoms with Crippen LogP contribution in [-0.2, 0) is 4.74 Å². The van der Waals surface area contributed by atoms with Gasteiger partial charge in [0.05, 0.1) is 13.2 Å². The zero-order chi connectivity index (χ0) is 11.2. The minimum Gasteiger partial charge on any atom is -0.379 e. The molecule has 1 unspecified atom stereocenters. The summed E-state index contributed by atoms with van der Waals surface area (Å²) >= 11 is 4.14. The summed E-state index contributed by atoms with van der Waals surface area (Å²) in [6, 6.07) is 0.826. The molecule has 2 saturated heterocycles. The molecular formula is C12H24N2OS. The van der Waals surface area contributed by atoms with E-state index in [4.69, 9.17) is 4.74 Å². The van der Waals surface area contributed by atoms with E-state index in [-0.39, 0.29) is 0 Å². The minimum atomic E-state index is 0.784. The van der Waals surface area contributed by atoms with Gasteiger partial charge in [0.25, 0.3) is 0 Å². The van der Waals surface area contributed by atoms with Crippen molar-refractivity contribution in [2.24, 2.45) is 0 Å². The van der Waals surface area contributed by atoms with Crippen LogP contribution in [0.3, 0.4) is 0 Å². The van der Waals surface area contributed by atoms with Gasteiger partial charge in [0.1, 0.15) is 0 Å². The Morgan fingerprint density at radius 2 is 2.06 bits per heavy atom. The summed E-state index contributed by atoms with van der Waals surface area (Å²) in [5.74, 6) is 0.830. The number of piperazine rings is 1. The first-order valence-corrected chi connectivity index (χ1v) is 7.18. The molecule has 2 aliphatic rings. The van der Waals surface area contributed by atoms with Crippen LogP contribution in [0.4, 0.5) is 0 Å². The molecule has 0 bridgehead atoms. The van der Waals surface area contributed by atoms with Crippen molar-refractivity contribution < 1.29 is 4.74 Å². The van der Waals surface area contributed by atoms with Crippen LogP contribution in [0.2, 0.25) is 0 Å². The highest BCUT2D eigenvalue weighted by atomic mass is 32.1. The van der Waals surface area contributed by atoms with Crippen molar-refractivity contribution in [3.05, 3.63) is 0 Å². The number of piperidine rings is 1. The van der Waals surface area contributed by atoms with Gasteiger partial charge in [-0.05, 0) is 19.4 Å². The van der Waals surface area contributed by atoms with E-state index in [1.807, 2.05) is 0 Å². The molecule has 2 heterocycles. The first-order valence-electron chi connectivity index (χ1n) is 6.55. The van der Waals surface area contributed by atoms with Crippen molar-refractivity contribution in [1.29, 1.82) is 0 Å². The molecule has 0 aromatic heterocycles. The van der Waals surface area contributed by atoms with Crippen LogP contribution in [0.1, 0.15) is 19.3 Å². The average Bonchev–Trinajstić information content (AvgIpc) is 2.34. The maximum atomic E-state index is 5.49. The number of hydrogen-bond acceptors (Lipinski definition) is 4. The van der Waals surface area contributed by atoms with Crippen molar-refractivity contribution in [2.45, 2.75) is 25.3 Å². The van der Waals surface area contributed by atoms with E-state index in [0.29, 0.717) is 0 Å². The number of hydrogen-bond donors (Lipinski definition) is 1. The van der Waals surface area contributed by atoms with Crippen molar-refractivity contribution in [2.75, 3.05) is 51.7 Å². The third kappa shape index (κ3) is 3.62. The van der Waals surface area contributed by atoms with Gasteiger partial charge in [-0.25, -0.2) is 0 Å². The smallest absolute Gasteiger partial charge is 0.0593 e. The van der Waals surface area contributed by atoms with Crippen molar-refractivity contribution in [3.8, 4) is 0 Å². The highest BCUT2D eigenvalue weighted by Crippen LogP contribution is 2.20. The van der Waals surface area contributed by atoms with E-state index < -0.39 is 0 Å². The Morgan fingerprint density at radius 3 is 2.94 bits per heavy atom. The molecule has 0 aromatic carbocycles. The topological polar surface area (TPSA) is 15.7 Å². The van der Waals surface area contributed by atoms with Crippen molar-refractivity contribution in [3.63, 3.8) is 0 Å². The third-order valence-corrected chi connectivity index (χ3v) is 3.89. The first kappa shape index (κ1) is 12.7. The molecule has 16 heavy (non-hydrogen) atoms. The Labute approximate surface area is 105 Å². The molecule has 0 aliphatic carbocycles. The molecule has 0 radical (unpaired) electrons. The molecule has 0 saturated carbocycles. The third-order valence-electron chi connectivity index (χ3n) is 3.71. The Morgan fingerprint density at radius 1 is 1.12 bits per heavy atom. The minimum absolute atomic E-state index is 0.784. The molecule has 4 heteroatoms. The van der Waals surface area contributed by atoms with Gasteiger partial charge in [-0.3, -0.25) is 9.80 Å². The number of thiol groups is 1. The molecule has 3 nitrogen and oxygen atoms in total. The SMILES string of the molecule is SCCOCCN1CCN2CCCCC2C1. The standard InChI is InChI=1S/C12H24N2OS/c16-10-9-15-8-7-13-5-6-14-4-2-1-3-12(14)11-13/h12,16H,1-11H2. The average molecular weight is 244 g/mol. The van der Waals surface area contributed by atoms with Gasteiger partial charge >= 0.3 is 0 Å². The fourth-order valence-electron chi connectivity index (χ4n) is 2.78. The van der Waals surface area contributed by atoms with Crippen LogP contribution >= 0.6 is 12.6 Å². The van der Waals surface area contributed by atoms with Gasteiger partial charge in [0, 0.05) is 38.0 Å². The molecule has 2 rings (SSSR count). The van der Waals surface area contributed by atoms with Crippen LogP contribution in [0.5, 0.6) is 0 Å². The molecule has 0 amide bonds. The fourth-order valence-corrected chi connectivity index (χ4v) is 2.91. The molecule has 0 N–H and O–H groups in total. The van der Waals surface area contributed by atoms with Gasteiger partial charge in [-0.1, -0.05) is 6.42 Å². The number of ether oxygens (including phenoxy) is 1. The van der Waals surface area contributed by atoms with Crippen LogP contribution in [-0.4, -0.2) is 67.5 Å². The summed E-state index contributed by atoms with van der Waals surface area (Å²) in [7, 11) is 0. The molecule has 1 atom stereocenters. The Hall–Kier alpha value is 0.230. The predicted molar refractivity (Wildman–Crippen MR) is 70.3 cm³/mol. The largest absolute Gasteiger partial charge is 0.379 e. The molecule has 94 valence electrons. The second-order valence-electron chi connectivity index (χ2n) is 4.82. The first-order chi connectivity index (χ1) is 7.90. The van der Waals surface area contributed by atoms with Gasteiger partial charge in [0.2, 0.25) is 0 Å². The van der Waals surface area contributed by atoms with E-state index in [2.05, 4.69) is 22.4 Å². The lowest BCUT2D eigenvalue weighted by molar-refractivity contribution is 0.0316. The van der Waals surface area contributed by atoms with Crippen LogP contribution < -0.4 is 0 Å². The summed E-state index contributed by atoms with van der Waals surface area (Å²) in [4.78, 5) is 5.24. The Balaban J connectivity index is 1.65. The van der Waals surface area contributed by atoms with E-state index in [9.17, 15) is 0 Å². The summed E-state index contributed by atoms with van der Waals surface area (Å²) in [6.07, 6.45) is 4.22. The van der Waals surface area contributed by atoms with Crippen molar-refractivity contribution >= 4 is 12.6 Å². The molecule has 0 aromatic rings.